The van der Waals surface area contributed by atoms with Crippen molar-refractivity contribution in [3.63, 3.8) is 0 Å². The smallest absolute Gasteiger partial charge is 0.249 e. The Labute approximate surface area is 164 Å². The SMILES string of the molecule is O=C1COCC(Cc2ccc(Cl)cc2)N1C1CCN(c2ccccn2)CC1. The first-order valence-electron chi connectivity index (χ1n) is 9.50. The largest absolute Gasteiger partial charge is 0.369 e. The third-order valence-corrected chi connectivity index (χ3v) is 5.68. The van der Waals surface area contributed by atoms with Crippen molar-refractivity contribution in [3.05, 3.63) is 59.2 Å². The van der Waals surface area contributed by atoms with E-state index in [1.54, 1.807) is 0 Å². The van der Waals surface area contributed by atoms with Crippen molar-refractivity contribution >= 4 is 23.3 Å². The van der Waals surface area contributed by atoms with Gasteiger partial charge in [-0.1, -0.05) is 29.8 Å². The summed E-state index contributed by atoms with van der Waals surface area (Å²) in [5, 5.41) is 0.730. The second-order valence-electron chi connectivity index (χ2n) is 7.21. The molecule has 3 heterocycles. The molecule has 0 saturated carbocycles. The van der Waals surface area contributed by atoms with Crippen LogP contribution in [0.3, 0.4) is 0 Å². The zero-order valence-corrected chi connectivity index (χ0v) is 16.0. The lowest BCUT2D eigenvalue weighted by Crippen LogP contribution is -2.57. The van der Waals surface area contributed by atoms with E-state index in [0.29, 0.717) is 6.61 Å². The topological polar surface area (TPSA) is 45.7 Å². The summed E-state index contributed by atoms with van der Waals surface area (Å²) in [6, 6.07) is 14.2. The van der Waals surface area contributed by atoms with Crippen LogP contribution in [-0.2, 0) is 16.0 Å². The minimum Gasteiger partial charge on any atom is -0.369 e. The van der Waals surface area contributed by atoms with Gasteiger partial charge in [-0.2, -0.15) is 0 Å². The van der Waals surface area contributed by atoms with Crippen molar-refractivity contribution in [2.75, 3.05) is 31.2 Å². The quantitative estimate of drug-likeness (QED) is 0.811. The second kappa shape index (κ2) is 8.28. The third-order valence-electron chi connectivity index (χ3n) is 5.43. The normalized spacial score (nSPS) is 21.5. The first-order valence-corrected chi connectivity index (χ1v) is 9.88. The summed E-state index contributed by atoms with van der Waals surface area (Å²) in [5.74, 6) is 1.12. The molecule has 0 bridgehead atoms. The average Bonchev–Trinajstić information content (AvgIpc) is 2.71. The Morgan fingerprint density at radius 2 is 1.89 bits per heavy atom. The molecule has 2 aromatic rings. The Hall–Kier alpha value is -2.11. The maximum Gasteiger partial charge on any atom is 0.249 e. The summed E-state index contributed by atoms with van der Waals surface area (Å²) in [5.41, 5.74) is 1.18. The molecule has 0 aliphatic carbocycles. The summed E-state index contributed by atoms with van der Waals surface area (Å²) in [6.45, 7) is 2.62. The monoisotopic (exact) mass is 385 g/mol. The van der Waals surface area contributed by atoms with Crippen LogP contribution in [-0.4, -0.2) is 54.2 Å². The highest BCUT2D eigenvalue weighted by Gasteiger charge is 2.36. The number of rotatable bonds is 4. The van der Waals surface area contributed by atoms with Crippen LogP contribution >= 0.6 is 11.6 Å². The molecule has 1 unspecified atom stereocenters. The highest BCUT2D eigenvalue weighted by molar-refractivity contribution is 6.30. The van der Waals surface area contributed by atoms with Crippen LogP contribution < -0.4 is 4.90 Å². The van der Waals surface area contributed by atoms with E-state index in [9.17, 15) is 4.79 Å². The van der Waals surface area contributed by atoms with Gasteiger partial charge in [0.05, 0.1) is 12.6 Å². The van der Waals surface area contributed by atoms with Crippen LogP contribution in [0.2, 0.25) is 5.02 Å². The molecule has 0 spiro atoms. The van der Waals surface area contributed by atoms with E-state index >= 15 is 0 Å². The molecular weight excluding hydrogens is 362 g/mol. The summed E-state index contributed by atoms with van der Waals surface area (Å²) in [6.07, 6.45) is 4.54. The van der Waals surface area contributed by atoms with Crippen molar-refractivity contribution in [3.8, 4) is 0 Å². The van der Waals surface area contributed by atoms with Crippen molar-refractivity contribution in [1.82, 2.24) is 9.88 Å². The van der Waals surface area contributed by atoms with E-state index in [1.807, 2.05) is 48.7 Å². The average molecular weight is 386 g/mol. The fourth-order valence-electron chi connectivity index (χ4n) is 4.11. The predicted molar refractivity (Wildman–Crippen MR) is 106 cm³/mol. The molecule has 4 rings (SSSR count). The molecule has 1 aromatic carbocycles. The minimum absolute atomic E-state index is 0.0822. The number of pyridine rings is 1. The maximum absolute atomic E-state index is 12.7. The van der Waals surface area contributed by atoms with Crippen LogP contribution in [0.4, 0.5) is 5.82 Å². The Morgan fingerprint density at radius 1 is 1.11 bits per heavy atom. The number of hydrogen-bond donors (Lipinski definition) is 0. The molecular formula is C21H24ClN3O2. The van der Waals surface area contributed by atoms with Crippen molar-refractivity contribution < 1.29 is 9.53 Å². The molecule has 2 saturated heterocycles. The van der Waals surface area contributed by atoms with Gasteiger partial charge in [-0.3, -0.25) is 4.79 Å². The molecule has 1 amide bonds. The van der Waals surface area contributed by atoms with Gasteiger partial charge in [-0.25, -0.2) is 4.98 Å². The van der Waals surface area contributed by atoms with E-state index < -0.39 is 0 Å². The zero-order valence-electron chi connectivity index (χ0n) is 15.3. The van der Waals surface area contributed by atoms with Gasteiger partial charge in [0.2, 0.25) is 5.91 Å². The van der Waals surface area contributed by atoms with Crippen LogP contribution in [0.25, 0.3) is 0 Å². The maximum atomic E-state index is 12.7. The van der Waals surface area contributed by atoms with Gasteiger partial charge in [-0.15, -0.1) is 0 Å². The number of morpholine rings is 1. The number of anilines is 1. The number of aromatic nitrogens is 1. The number of carbonyl (C=O) groups is 1. The zero-order chi connectivity index (χ0) is 18.6. The van der Waals surface area contributed by atoms with Crippen LogP contribution in [0, 0.1) is 0 Å². The predicted octanol–water partition coefficient (Wildman–Crippen LogP) is 3.17. The van der Waals surface area contributed by atoms with Gasteiger partial charge in [-0.05, 0) is 49.1 Å². The Balaban J connectivity index is 1.43. The van der Waals surface area contributed by atoms with Crippen molar-refractivity contribution in [2.45, 2.75) is 31.3 Å². The minimum atomic E-state index is 0.0822. The summed E-state index contributed by atoms with van der Waals surface area (Å²) < 4.78 is 5.56. The van der Waals surface area contributed by atoms with Gasteiger partial charge >= 0.3 is 0 Å². The number of hydrogen-bond acceptors (Lipinski definition) is 4. The van der Waals surface area contributed by atoms with Crippen molar-refractivity contribution in [2.24, 2.45) is 0 Å². The number of ether oxygens (including phenoxy) is 1. The molecule has 6 heteroatoms. The standard InChI is InChI=1S/C21H24ClN3O2/c22-17-6-4-16(5-7-17)13-19-14-27-15-21(26)25(19)18-8-11-24(12-9-18)20-3-1-2-10-23-20/h1-7,10,18-19H,8-9,11-15H2. The van der Waals surface area contributed by atoms with E-state index in [-0.39, 0.29) is 24.6 Å². The lowest BCUT2D eigenvalue weighted by atomic mass is 9.97. The van der Waals surface area contributed by atoms with Crippen LogP contribution in [0.15, 0.2) is 48.7 Å². The highest BCUT2D eigenvalue weighted by Crippen LogP contribution is 2.26. The fraction of sp³-hybridized carbons (Fsp3) is 0.429. The highest BCUT2D eigenvalue weighted by atomic mass is 35.5. The molecule has 2 aliphatic heterocycles. The molecule has 0 radical (unpaired) electrons. The number of carbonyl (C=O) groups excluding carboxylic acids is 1. The molecule has 1 aromatic heterocycles. The molecule has 27 heavy (non-hydrogen) atoms. The van der Waals surface area contributed by atoms with Gasteiger partial charge in [0.15, 0.2) is 0 Å². The van der Waals surface area contributed by atoms with Crippen molar-refractivity contribution in [1.29, 1.82) is 0 Å². The Bertz CT molecular complexity index is 761. The lowest BCUT2D eigenvalue weighted by molar-refractivity contribution is -0.152. The van der Waals surface area contributed by atoms with Gasteiger partial charge < -0.3 is 14.5 Å². The van der Waals surface area contributed by atoms with E-state index in [2.05, 4.69) is 14.8 Å². The Kier molecular flexibility index (Phi) is 5.60. The summed E-state index contributed by atoms with van der Waals surface area (Å²) >= 11 is 5.99. The van der Waals surface area contributed by atoms with Crippen LogP contribution in [0.5, 0.6) is 0 Å². The summed E-state index contributed by atoms with van der Waals surface area (Å²) in [4.78, 5) is 21.5. The van der Waals surface area contributed by atoms with Gasteiger partial charge in [0, 0.05) is 30.4 Å². The molecule has 142 valence electrons. The number of amides is 1. The number of piperidine rings is 1. The molecule has 5 nitrogen and oxygen atoms in total. The number of benzene rings is 1. The Morgan fingerprint density at radius 3 is 2.59 bits per heavy atom. The number of nitrogens with zero attached hydrogens (tertiary/aromatic N) is 3. The molecule has 0 N–H and O–H groups in total. The van der Waals surface area contributed by atoms with Crippen LogP contribution in [0.1, 0.15) is 18.4 Å². The molecule has 2 fully saturated rings. The third kappa shape index (κ3) is 4.25. The van der Waals surface area contributed by atoms with Gasteiger partial charge in [0.25, 0.3) is 0 Å². The van der Waals surface area contributed by atoms with E-state index in [4.69, 9.17) is 16.3 Å². The van der Waals surface area contributed by atoms with E-state index in [0.717, 1.165) is 43.2 Å². The number of halogens is 1. The van der Waals surface area contributed by atoms with Gasteiger partial charge in [0.1, 0.15) is 12.4 Å². The fourth-order valence-corrected chi connectivity index (χ4v) is 4.23. The first-order chi connectivity index (χ1) is 13.2. The first kappa shape index (κ1) is 18.3. The summed E-state index contributed by atoms with van der Waals surface area (Å²) in [7, 11) is 0. The lowest BCUT2D eigenvalue weighted by Gasteiger charge is -2.44. The molecule has 2 aliphatic rings. The molecule has 1 atom stereocenters. The second-order valence-corrected chi connectivity index (χ2v) is 7.64. The van der Waals surface area contributed by atoms with E-state index in [1.165, 1.54) is 5.56 Å².